The zero-order valence-corrected chi connectivity index (χ0v) is 14.3. The summed E-state index contributed by atoms with van der Waals surface area (Å²) in [6.07, 6.45) is 1.54. The number of benzene rings is 2. The van der Waals surface area contributed by atoms with Gasteiger partial charge in [0.2, 0.25) is 5.91 Å². The molecule has 1 aromatic heterocycles. The van der Waals surface area contributed by atoms with Gasteiger partial charge in [-0.05, 0) is 44.0 Å². The van der Waals surface area contributed by atoms with Crippen LogP contribution < -0.4 is 5.32 Å². The molecule has 130 valence electrons. The number of aromatic nitrogens is 1. The normalized spacial score (nSPS) is 11.1. The van der Waals surface area contributed by atoms with Crippen molar-refractivity contribution in [2.75, 3.05) is 5.32 Å². The second kappa shape index (κ2) is 7.38. The number of carboxylic acids is 1. The highest BCUT2D eigenvalue weighted by atomic mass is 16.4. The lowest BCUT2D eigenvalue weighted by Crippen LogP contribution is -2.11. The highest BCUT2D eigenvalue weighted by Crippen LogP contribution is 2.31. The number of nitrogens with one attached hydrogen (secondary N) is 1. The number of para-hydroxylation sites is 1. The lowest BCUT2D eigenvalue weighted by Gasteiger charge is -2.06. The molecule has 0 radical (unpaired) electrons. The van der Waals surface area contributed by atoms with Gasteiger partial charge >= 0.3 is 5.97 Å². The monoisotopic (exact) mass is 338 g/mol. The molecule has 5 heteroatoms. The van der Waals surface area contributed by atoms with E-state index in [0.717, 1.165) is 23.1 Å². The fourth-order valence-electron chi connectivity index (χ4n) is 3.26. The van der Waals surface area contributed by atoms with Crippen molar-refractivity contribution in [2.45, 2.75) is 39.2 Å². The van der Waals surface area contributed by atoms with Crippen LogP contribution in [0.25, 0.3) is 21.8 Å². The smallest absolute Gasteiger partial charge is 0.303 e. The van der Waals surface area contributed by atoms with Crippen molar-refractivity contribution in [2.24, 2.45) is 0 Å². The summed E-state index contributed by atoms with van der Waals surface area (Å²) in [5.74, 6) is -0.901. The molecule has 0 unspecified atom stereocenters. The Hall–Kier alpha value is -2.82. The number of unbranched alkanes of at least 4 members (excludes halogenated alkanes) is 1. The third kappa shape index (κ3) is 3.65. The molecule has 0 atom stereocenters. The first-order valence-electron chi connectivity index (χ1n) is 8.62. The largest absolute Gasteiger partial charge is 0.481 e. The van der Waals surface area contributed by atoms with Crippen LogP contribution in [-0.2, 0) is 16.1 Å². The quantitative estimate of drug-likeness (QED) is 0.627. The number of rotatable bonds is 7. The van der Waals surface area contributed by atoms with Gasteiger partial charge in [0.15, 0.2) is 0 Å². The number of hydrogen-bond donors (Lipinski definition) is 2. The summed E-state index contributed by atoms with van der Waals surface area (Å²) < 4.78 is 2.27. The Morgan fingerprint density at radius 3 is 2.48 bits per heavy atom. The molecule has 2 aromatic carbocycles. The number of nitrogens with zero attached hydrogens (tertiary/aromatic N) is 1. The van der Waals surface area contributed by atoms with Crippen LogP contribution >= 0.6 is 0 Å². The second-order valence-electron chi connectivity index (χ2n) is 6.14. The van der Waals surface area contributed by atoms with Crippen molar-refractivity contribution in [1.82, 2.24) is 4.57 Å². The summed E-state index contributed by atoms with van der Waals surface area (Å²) in [4.78, 5) is 22.5. The van der Waals surface area contributed by atoms with E-state index >= 15 is 0 Å². The van der Waals surface area contributed by atoms with E-state index in [9.17, 15) is 9.59 Å². The maximum absolute atomic E-state index is 12.1. The van der Waals surface area contributed by atoms with Gasteiger partial charge in [-0.25, -0.2) is 0 Å². The van der Waals surface area contributed by atoms with Crippen molar-refractivity contribution >= 4 is 39.4 Å². The Bertz CT molecular complexity index is 927. The summed E-state index contributed by atoms with van der Waals surface area (Å²) in [5.41, 5.74) is 3.12. The molecule has 0 saturated heterocycles. The van der Waals surface area contributed by atoms with Crippen LogP contribution in [0.5, 0.6) is 0 Å². The van der Waals surface area contributed by atoms with Gasteiger partial charge in [-0.3, -0.25) is 9.59 Å². The summed E-state index contributed by atoms with van der Waals surface area (Å²) in [6, 6.07) is 14.2. The lowest BCUT2D eigenvalue weighted by molar-refractivity contribution is -0.137. The fourth-order valence-corrected chi connectivity index (χ4v) is 3.26. The molecule has 0 fully saturated rings. The Kier molecular flexibility index (Phi) is 5.03. The van der Waals surface area contributed by atoms with E-state index in [4.69, 9.17) is 5.11 Å². The molecule has 3 aromatic rings. The maximum Gasteiger partial charge on any atom is 0.303 e. The van der Waals surface area contributed by atoms with Gasteiger partial charge in [-0.15, -0.1) is 0 Å². The van der Waals surface area contributed by atoms with E-state index in [0.29, 0.717) is 19.3 Å². The number of carbonyl (C=O) groups is 2. The second-order valence-corrected chi connectivity index (χ2v) is 6.14. The molecule has 0 aliphatic rings. The van der Waals surface area contributed by atoms with Gasteiger partial charge in [0.1, 0.15) is 0 Å². The van der Waals surface area contributed by atoms with Gasteiger partial charge in [-0.1, -0.05) is 18.2 Å². The topological polar surface area (TPSA) is 71.3 Å². The summed E-state index contributed by atoms with van der Waals surface area (Å²) in [5, 5.41) is 13.8. The lowest BCUT2D eigenvalue weighted by atomic mass is 10.1. The van der Waals surface area contributed by atoms with Gasteiger partial charge in [0.25, 0.3) is 0 Å². The number of carbonyl (C=O) groups excluding carboxylic acids is 1. The standard InChI is InChI=1S/C20H22N2O3/c1-2-22-17-8-4-3-7-15(17)16-13-14(11-12-18(16)22)21-19(23)9-5-6-10-20(24)25/h3-4,7-8,11-13H,2,5-6,9-10H2,1H3,(H,21,23)(H,24,25). The number of aliphatic carboxylic acids is 1. The van der Waals surface area contributed by atoms with Crippen molar-refractivity contribution in [3.63, 3.8) is 0 Å². The molecular weight excluding hydrogens is 316 g/mol. The minimum absolute atomic E-state index is 0.0797. The summed E-state index contributed by atoms with van der Waals surface area (Å²) >= 11 is 0. The number of anilines is 1. The van der Waals surface area contributed by atoms with Crippen LogP contribution in [0.2, 0.25) is 0 Å². The van der Waals surface area contributed by atoms with Crippen molar-refractivity contribution in [3.8, 4) is 0 Å². The first kappa shape index (κ1) is 17.0. The SMILES string of the molecule is CCn1c2ccccc2c2cc(NC(=O)CCCCC(=O)O)ccc21. The molecule has 0 aliphatic carbocycles. The first-order chi connectivity index (χ1) is 12.1. The Morgan fingerprint density at radius 2 is 1.72 bits per heavy atom. The van der Waals surface area contributed by atoms with E-state index in [1.807, 2.05) is 30.3 Å². The van der Waals surface area contributed by atoms with Crippen molar-refractivity contribution in [1.29, 1.82) is 0 Å². The van der Waals surface area contributed by atoms with Gasteiger partial charge in [0.05, 0.1) is 0 Å². The molecule has 25 heavy (non-hydrogen) atoms. The van der Waals surface area contributed by atoms with Crippen LogP contribution in [0.15, 0.2) is 42.5 Å². The summed E-state index contributed by atoms with van der Waals surface area (Å²) in [7, 11) is 0. The van der Waals surface area contributed by atoms with E-state index in [1.165, 1.54) is 10.9 Å². The highest BCUT2D eigenvalue weighted by Gasteiger charge is 2.10. The highest BCUT2D eigenvalue weighted by molar-refractivity contribution is 6.09. The Balaban J connectivity index is 1.78. The number of fused-ring (bicyclic) bond motifs is 3. The predicted molar refractivity (Wildman–Crippen MR) is 99.9 cm³/mol. The number of amides is 1. The molecule has 0 spiro atoms. The minimum Gasteiger partial charge on any atom is -0.481 e. The molecule has 0 saturated carbocycles. The third-order valence-corrected chi connectivity index (χ3v) is 4.42. The van der Waals surface area contributed by atoms with Gasteiger partial charge in [-0.2, -0.15) is 0 Å². The molecule has 1 heterocycles. The Morgan fingerprint density at radius 1 is 1.00 bits per heavy atom. The Labute approximate surface area is 146 Å². The average Bonchev–Trinajstić information content (AvgIpc) is 2.92. The molecule has 2 N–H and O–H groups in total. The molecule has 0 bridgehead atoms. The zero-order chi connectivity index (χ0) is 17.8. The van der Waals surface area contributed by atoms with E-state index in [-0.39, 0.29) is 12.3 Å². The van der Waals surface area contributed by atoms with Crippen LogP contribution in [0.4, 0.5) is 5.69 Å². The van der Waals surface area contributed by atoms with Crippen LogP contribution in [0, 0.1) is 0 Å². The van der Waals surface area contributed by atoms with Crippen LogP contribution in [0.1, 0.15) is 32.6 Å². The first-order valence-corrected chi connectivity index (χ1v) is 8.62. The molecular formula is C20H22N2O3. The molecule has 3 rings (SSSR count). The van der Waals surface area contributed by atoms with E-state index in [2.05, 4.69) is 28.9 Å². The van der Waals surface area contributed by atoms with Crippen molar-refractivity contribution in [3.05, 3.63) is 42.5 Å². The molecule has 5 nitrogen and oxygen atoms in total. The number of hydrogen-bond acceptors (Lipinski definition) is 2. The minimum atomic E-state index is -0.821. The molecule has 1 amide bonds. The average molecular weight is 338 g/mol. The number of carboxylic acid groups (broad SMARTS) is 1. The van der Waals surface area contributed by atoms with Gasteiger partial charge in [0, 0.05) is 46.9 Å². The van der Waals surface area contributed by atoms with Crippen molar-refractivity contribution < 1.29 is 14.7 Å². The van der Waals surface area contributed by atoms with E-state index < -0.39 is 5.97 Å². The molecule has 0 aliphatic heterocycles. The maximum atomic E-state index is 12.1. The summed E-state index contributed by atoms with van der Waals surface area (Å²) in [6.45, 7) is 3.01. The predicted octanol–water partition coefficient (Wildman–Crippen LogP) is 4.40. The number of aryl methyl sites for hydroxylation is 1. The van der Waals surface area contributed by atoms with Crippen LogP contribution in [0.3, 0.4) is 0 Å². The van der Waals surface area contributed by atoms with E-state index in [1.54, 1.807) is 0 Å². The third-order valence-electron chi connectivity index (χ3n) is 4.42. The fraction of sp³-hybridized carbons (Fsp3) is 0.300. The van der Waals surface area contributed by atoms with Gasteiger partial charge < -0.3 is 15.0 Å². The van der Waals surface area contributed by atoms with Crippen LogP contribution in [-0.4, -0.2) is 21.6 Å². The zero-order valence-electron chi connectivity index (χ0n) is 14.3.